The number of pyridine rings is 1. The topological polar surface area (TPSA) is 42.4 Å². The highest BCUT2D eigenvalue weighted by Gasteiger charge is 2.21. The van der Waals surface area contributed by atoms with Crippen LogP contribution in [-0.4, -0.2) is 30.6 Å². The average Bonchev–Trinajstić information content (AvgIpc) is 2.55. The molecule has 118 valence electrons. The Morgan fingerprint density at radius 2 is 2.17 bits per heavy atom. The van der Waals surface area contributed by atoms with Crippen molar-refractivity contribution in [1.82, 2.24) is 4.98 Å². The summed E-state index contributed by atoms with van der Waals surface area (Å²) in [5.74, 6) is 0.244. The van der Waals surface area contributed by atoms with E-state index in [-0.39, 0.29) is 18.3 Å². The van der Waals surface area contributed by atoms with E-state index >= 15 is 0 Å². The minimum atomic E-state index is -0.265. The number of anilines is 1. The number of nitrogens with zero attached hydrogens (tertiary/aromatic N) is 2. The Morgan fingerprint density at radius 1 is 1.35 bits per heavy atom. The molecule has 1 fully saturated rings. The molecule has 0 radical (unpaired) electrons. The zero-order valence-electron chi connectivity index (χ0n) is 12.9. The molecular formula is C18H17FN2O2. The molecule has 1 aliphatic heterocycles. The summed E-state index contributed by atoms with van der Waals surface area (Å²) in [5.41, 5.74) is 3.31. The van der Waals surface area contributed by atoms with Crippen LogP contribution in [0, 0.1) is 12.7 Å². The first-order chi connectivity index (χ1) is 11.1. The maximum atomic E-state index is 13.2. The highest BCUT2D eigenvalue weighted by atomic mass is 19.1. The number of hydrogen-bond acceptors (Lipinski definition) is 3. The second-order valence-electron chi connectivity index (χ2n) is 5.44. The predicted molar refractivity (Wildman–Crippen MR) is 86.7 cm³/mol. The Kier molecular flexibility index (Phi) is 4.21. The van der Waals surface area contributed by atoms with Crippen LogP contribution in [0.5, 0.6) is 0 Å². The van der Waals surface area contributed by atoms with Crippen LogP contribution in [-0.2, 0) is 9.53 Å². The van der Waals surface area contributed by atoms with Gasteiger partial charge in [0, 0.05) is 11.8 Å². The molecule has 1 aliphatic rings. The Bertz CT molecular complexity index is 756. The first kappa shape index (κ1) is 15.4. The molecule has 1 saturated heterocycles. The van der Waals surface area contributed by atoms with E-state index in [0.29, 0.717) is 19.0 Å². The number of hydrogen-bond donors (Lipinski definition) is 0. The zero-order valence-corrected chi connectivity index (χ0v) is 12.9. The van der Waals surface area contributed by atoms with Gasteiger partial charge in [0.05, 0.1) is 13.2 Å². The van der Waals surface area contributed by atoms with Crippen molar-refractivity contribution < 1.29 is 13.9 Å². The van der Waals surface area contributed by atoms with E-state index in [0.717, 1.165) is 22.3 Å². The lowest BCUT2D eigenvalue weighted by Gasteiger charge is -2.25. The van der Waals surface area contributed by atoms with Crippen LogP contribution in [0.4, 0.5) is 10.2 Å². The minimum Gasteiger partial charge on any atom is -0.370 e. The summed E-state index contributed by atoms with van der Waals surface area (Å²) in [5, 5.41) is 0. The van der Waals surface area contributed by atoms with Crippen molar-refractivity contribution in [3.05, 3.63) is 65.6 Å². The molecule has 1 aromatic heterocycles. The number of carbonyl (C=O) groups excluding carboxylic acids is 1. The second-order valence-corrected chi connectivity index (χ2v) is 5.44. The van der Waals surface area contributed by atoms with Crippen molar-refractivity contribution in [1.29, 1.82) is 0 Å². The van der Waals surface area contributed by atoms with Crippen molar-refractivity contribution in [3.8, 4) is 0 Å². The highest BCUT2D eigenvalue weighted by molar-refractivity contribution is 5.94. The Morgan fingerprint density at radius 3 is 2.83 bits per heavy atom. The maximum absolute atomic E-state index is 13.2. The number of ether oxygens (including phenoxy) is 1. The van der Waals surface area contributed by atoms with E-state index in [1.165, 1.54) is 12.1 Å². The molecule has 0 N–H and O–H groups in total. The fourth-order valence-corrected chi connectivity index (χ4v) is 2.61. The molecule has 5 heteroatoms. The lowest BCUT2D eigenvalue weighted by molar-refractivity contribution is -0.125. The zero-order chi connectivity index (χ0) is 16.4. The summed E-state index contributed by atoms with van der Waals surface area (Å²) < 4.78 is 18.3. The third-order valence-corrected chi connectivity index (χ3v) is 3.87. The fraction of sp³-hybridized carbons (Fsp3) is 0.222. The standard InChI is InChI=1S/C18H17FN2O2/c1-12-9-15(19)4-5-16(12)13(2)14-3-6-17(20-10-14)21-7-8-23-11-18(21)22/h3-6,9-10H,2,7-8,11H2,1H3. The summed E-state index contributed by atoms with van der Waals surface area (Å²) in [6.07, 6.45) is 1.68. The van der Waals surface area contributed by atoms with Crippen molar-refractivity contribution in [2.24, 2.45) is 0 Å². The van der Waals surface area contributed by atoms with Crippen LogP contribution in [0.1, 0.15) is 16.7 Å². The quantitative estimate of drug-likeness (QED) is 0.875. The predicted octanol–water partition coefficient (Wildman–Crippen LogP) is 2.95. The van der Waals surface area contributed by atoms with Gasteiger partial charge in [0.25, 0.3) is 5.91 Å². The van der Waals surface area contributed by atoms with Gasteiger partial charge in [-0.25, -0.2) is 9.37 Å². The normalized spacial score (nSPS) is 14.9. The third-order valence-electron chi connectivity index (χ3n) is 3.87. The molecule has 4 nitrogen and oxygen atoms in total. The Hall–Kier alpha value is -2.53. The lowest BCUT2D eigenvalue weighted by Crippen LogP contribution is -2.42. The number of aryl methyl sites for hydroxylation is 1. The van der Waals surface area contributed by atoms with Crippen LogP contribution in [0.2, 0.25) is 0 Å². The summed E-state index contributed by atoms with van der Waals surface area (Å²) in [4.78, 5) is 17.8. The summed E-state index contributed by atoms with van der Waals surface area (Å²) in [7, 11) is 0. The molecular weight excluding hydrogens is 295 g/mol. The molecule has 2 heterocycles. The van der Waals surface area contributed by atoms with Crippen molar-refractivity contribution in [3.63, 3.8) is 0 Å². The molecule has 1 amide bonds. The van der Waals surface area contributed by atoms with E-state index in [2.05, 4.69) is 11.6 Å². The second kappa shape index (κ2) is 6.30. The van der Waals surface area contributed by atoms with Gasteiger partial charge in [-0.3, -0.25) is 9.69 Å². The number of morpholine rings is 1. The molecule has 0 bridgehead atoms. The Balaban J connectivity index is 1.84. The van der Waals surface area contributed by atoms with Gasteiger partial charge >= 0.3 is 0 Å². The smallest absolute Gasteiger partial charge is 0.254 e. The SMILES string of the molecule is C=C(c1ccc(N2CCOCC2=O)nc1)c1ccc(F)cc1C. The van der Waals surface area contributed by atoms with Gasteiger partial charge in [-0.05, 0) is 47.9 Å². The molecule has 0 spiro atoms. The van der Waals surface area contributed by atoms with E-state index in [1.807, 2.05) is 13.0 Å². The molecule has 0 aliphatic carbocycles. The molecule has 2 aromatic rings. The van der Waals surface area contributed by atoms with Crippen molar-refractivity contribution >= 4 is 17.3 Å². The van der Waals surface area contributed by atoms with Crippen LogP contribution in [0.3, 0.4) is 0 Å². The fourth-order valence-electron chi connectivity index (χ4n) is 2.61. The van der Waals surface area contributed by atoms with Crippen LogP contribution in [0.25, 0.3) is 5.57 Å². The van der Waals surface area contributed by atoms with E-state index < -0.39 is 0 Å². The van der Waals surface area contributed by atoms with Crippen LogP contribution >= 0.6 is 0 Å². The minimum absolute atomic E-state index is 0.0882. The monoisotopic (exact) mass is 312 g/mol. The first-order valence-corrected chi connectivity index (χ1v) is 7.36. The van der Waals surface area contributed by atoms with Crippen LogP contribution < -0.4 is 4.90 Å². The number of aromatic nitrogens is 1. The molecule has 23 heavy (non-hydrogen) atoms. The Labute approximate surface area is 134 Å². The van der Waals surface area contributed by atoms with Gasteiger partial charge in [0.1, 0.15) is 18.2 Å². The van der Waals surface area contributed by atoms with Gasteiger partial charge in [-0.2, -0.15) is 0 Å². The van der Waals surface area contributed by atoms with Crippen molar-refractivity contribution in [2.75, 3.05) is 24.7 Å². The van der Waals surface area contributed by atoms with E-state index in [9.17, 15) is 9.18 Å². The number of amides is 1. The summed E-state index contributed by atoms with van der Waals surface area (Å²) in [6, 6.07) is 8.28. The molecule has 0 saturated carbocycles. The van der Waals surface area contributed by atoms with Gasteiger partial charge in [-0.1, -0.05) is 12.6 Å². The largest absolute Gasteiger partial charge is 0.370 e. The number of carbonyl (C=O) groups is 1. The van der Waals surface area contributed by atoms with E-state index in [4.69, 9.17) is 4.74 Å². The third kappa shape index (κ3) is 3.14. The van der Waals surface area contributed by atoms with Crippen LogP contribution in [0.15, 0.2) is 43.1 Å². The number of rotatable bonds is 3. The maximum Gasteiger partial charge on any atom is 0.254 e. The number of benzene rings is 1. The summed E-state index contributed by atoms with van der Waals surface area (Å²) >= 11 is 0. The van der Waals surface area contributed by atoms with Crippen molar-refractivity contribution in [2.45, 2.75) is 6.92 Å². The molecule has 0 atom stereocenters. The first-order valence-electron chi connectivity index (χ1n) is 7.36. The van der Waals surface area contributed by atoms with Gasteiger partial charge in [0.15, 0.2) is 0 Å². The van der Waals surface area contributed by atoms with E-state index in [1.54, 1.807) is 23.2 Å². The number of halogens is 1. The van der Waals surface area contributed by atoms with Gasteiger partial charge in [-0.15, -0.1) is 0 Å². The summed E-state index contributed by atoms with van der Waals surface area (Å²) in [6.45, 7) is 7.03. The van der Waals surface area contributed by atoms with Gasteiger partial charge in [0.2, 0.25) is 0 Å². The average molecular weight is 312 g/mol. The molecule has 0 unspecified atom stereocenters. The molecule has 1 aromatic carbocycles. The molecule has 3 rings (SSSR count). The highest BCUT2D eigenvalue weighted by Crippen LogP contribution is 2.26. The lowest BCUT2D eigenvalue weighted by atomic mass is 9.97. The van der Waals surface area contributed by atoms with Gasteiger partial charge < -0.3 is 4.74 Å².